The molecule has 0 bridgehead atoms. The molecule has 0 fully saturated rings. The molecule has 1 unspecified atom stereocenters. The van der Waals surface area contributed by atoms with Gasteiger partial charge in [-0.2, -0.15) is 8.78 Å². The Bertz CT molecular complexity index is 378. The van der Waals surface area contributed by atoms with Crippen molar-refractivity contribution in [3.8, 4) is 11.8 Å². The van der Waals surface area contributed by atoms with E-state index >= 15 is 0 Å². The van der Waals surface area contributed by atoms with Gasteiger partial charge in [0.2, 0.25) is 0 Å². The number of alkyl halides is 2. The molecule has 0 amide bonds. The van der Waals surface area contributed by atoms with Crippen molar-refractivity contribution in [2.75, 3.05) is 0 Å². The second-order valence-corrected chi connectivity index (χ2v) is 4.25. The highest BCUT2D eigenvalue weighted by Crippen LogP contribution is 2.24. The maximum atomic E-state index is 12.0. The van der Waals surface area contributed by atoms with E-state index in [1.54, 1.807) is 24.3 Å². The second kappa shape index (κ2) is 6.51. The molecule has 0 saturated heterocycles. The predicted octanol–water partition coefficient (Wildman–Crippen LogP) is 3.09. The van der Waals surface area contributed by atoms with Gasteiger partial charge < -0.3 is 5.73 Å². The van der Waals surface area contributed by atoms with Crippen LogP contribution in [0.15, 0.2) is 29.2 Å². The first-order chi connectivity index (χ1) is 7.61. The number of hydrogen-bond donors (Lipinski definition) is 1. The first-order valence-electron chi connectivity index (χ1n) is 4.93. The number of halogens is 2. The molecule has 1 aromatic rings. The third-order valence-electron chi connectivity index (χ3n) is 1.92. The molecule has 0 aliphatic heterocycles. The summed E-state index contributed by atoms with van der Waals surface area (Å²) >= 11 is 0.530. The highest BCUT2D eigenvalue weighted by Gasteiger charge is 2.03. The van der Waals surface area contributed by atoms with Gasteiger partial charge in [-0.25, -0.2) is 0 Å². The van der Waals surface area contributed by atoms with Crippen LogP contribution in [0.2, 0.25) is 0 Å². The predicted molar refractivity (Wildman–Crippen MR) is 63.4 cm³/mol. The molecule has 1 atom stereocenters. The van der Waals surface area contributed by atoms with E-state index in [2.05, 4.69) is 11.8 Å². The minimum Gasteiger partial charge on any atom is -0.318 e. The van der Waals surface area contributed by atoms with Crippen molar-refractivity contribution < 1.29 is 8.78 Å². The average Bonchev–Trinajstić information content (AvgIpc) is 2.27. The monoisotopic (exact) mass is 241 g/mol. The Hall–Kier alpha value is -1.05. The van der Waals surface area contributed by atoms with E-state index in [0.29, 0.717) is 16.7 Å². The molecule has 0 saturated carbocycles. The second-order valence-electron chi connectivity index (χ2n) is 3.19. The van der Waals surface area contributed by atoms with E-state index in [0.717, 1.165) is 12.0 Å². The molecule has 0 heterocycles. The Morgan fingerprint density at radius 3 is 2.44 bits per heavy atom. The summed E-state index contributed by atoms with van der Waals surface area (Å²) in [5, 5.41) is 0. The summed E-state index contributed by atoms with van der Waals surface area (Å²) < 4.78 is 24.1. The summed E-state index contributed by atoms with van der Waals surface area (Å²) in [6.45, 7) is 1.96. The van der Waals surface area contributed by atoms with Gasteiger partial charge in [0.25, 0.3) is 5.76 Å². The fourth-order valence-corrected chi connectivity index (χ4v) is 1.50. The average molecular weight is 241 g/mol. The van der Waals surface area contributed by atoms with Gasteiger partial charge in [0, 0.05) is 10.5 Å². The molecule has 1 rings (SSSR count). The van der Waals surface area contributed by atoms with Crippen molar-refractivity contribution >= 4 is 11.8 Å². The minimum absolute atomic E-state index is 0.130. The molecule has 0 aliphatic carbocycles. The molecule has 0 radical (unpaired) electrons. The minimum atomic E-state index is -2.38. The van der Waals surface area contributed by atoms with Crippen LogP contribution < -0.4 is 5.73 Å². The quantitative estimate of drug-likeness (QED) is 0.650. The van der Waals surface area contributed by atoms with Crippen LogP contribution in [0, 0.1) is 11.8 Å². The molecule has 0 spiro atoms. The number of thioether (sulfide) groups is 1. The number of rotatable bonds is 3. The highest BCUT2D eigenvalue weighted by molar-refractivity contribution is 7.99. The lowest BCUT2D eigenvalue weighted by Crippen LogP contribution is -2.15. The summed E-state index contributed by atoms with van der Waals surface area (Å²) in [5.74, 6) is 3.40. The van der Waals surface area contributed by atoms with E-state index in [1.165, 1.54) is 0 Å². The van der Waals surface area contributed by atoms with Gasteiger partial charge in [-0.05, 0) is 30.7 Å². The Labute approximate surface area is 98.4 Å². The van der Waals surface area contributed by atoms with E-state index in [-0.39, 0.29) is 6.04 Å². The van der Waals surface area contributed by atoms with Crippen molar-refractivity contribution in [2.45, 2.75) is 30.0 Å². The van der Waals surface area contributed by atoms with Gasteiger partial charge >= 0.3 is 0 Å². The van der Waals surface area contributed by atoms with E-state index in [9.17, 15) is 8.78 Å². The van der Waals surface area contributed by atoms with Crippen LogP contribution in [0.5, 0.6) is 0 Å². The third kappa shape index (κ3) is 4.65. The van der Waals surface area contributed by atoms with Gasteiger partial charge in [-0.15, -0.1) is 0 Å². The zero-order chi connectivity index (χ0) is 12.0. The molecule has 4 heteroatoms. The lowest BCUT2D eigenvalue weighted by molar-refractivity contribution is 0.252. The van der Waals surface area contributed by atoms with E-state index < -0.39 is 5.76 Å². The lowest BCUT2D eigenvalue weighted by Gasteiger charge is -1.99. The Balaban J connectivity index is 2.66. The van der Waals surface area contributed by atoms with Crippen molar-refractivity contribution in [3.63, 3.8) is 0 Å². The zero-order valence-electron chi connectivity index (χ0n) is 8.91. The zero-order valence-corrected chi connectivity index (χ0v) is 9.73. The number of nitrogens with two attached hydrogens (primary N) is 1. The van der Waals surface area contributed by atoms with Crippen LogP contribution in [-0.4, -0.2) is 11.8 Å². The molecular weight excluding hydrogens is 228 g/mol. The van der Waals surface area contributed by atoms with Crippen LogP contribution in [0.4, 0.5) is 8.78 Å². The fraction of sp³-hybridized carbons (Fsp3) is 0.333. The fourth-order valence-electron chi connectivity index (χ4n) is 0.998. The molecule has 2 N–H and O–H groups in total. The third-order valence-corrected chi connectivity index (χ3v) is 2.64. The van der Waals surface area contributed by atoms with Crippen LogP contribution in [0.1, 0.15) is 18.9 Å². The molecule has 1 aromatic carbocycles. The summed E-state index contributed by atoms with van der Waals surface area (Å²) in [4.78, 5) is 0.542. The van der Waals surface area contributed by atoms with E-state index in [1.807, 2.05) is 6.92 Å². The maximum absolute atomic E-state index is 12.0. The van der Waals surface area contributed by atoms with Crippen LogP contribution in [-0.2, 0) is 0 Å². The largest absolute Gasteiger partial charge is 0.318 e. The molecule has 16 heavy (non-hydrogen) atoms. The standard InChI is InChI=1S/C12H13F2NS/c1-2-10(15)6-3-9-4-7-11(8-5-9)16-12(13)14/h4-5,7-8,10,12H,2,15H2,1H3. The summed E-state index contributed by atoms with van der Waals surface area (Å²) in [5.41, 5.74) is 6.43. The smallest absolute Gasteiger partial charge is 0.288 e. The van der Waals surface area contributed by atoms with Gasteiger partial charge in [0.15, 0.2) is 0 Å². The van der Waals surface area contributed by atoms with Crippen molar-refractivity contribution in [1.29, 1.82) is 0 Å². The number of benzene rings is 1. The summed E-state index contributed by atoms with van der Waals surface area (Å²) in [7, 11) is 0. The topological polar surface area (TPSA) is 26.0 Å². The lowest BCUT2D eigenvalue weighted by atomic mass is 10.2. The van der Waals surface area contributed by atoms with Crippen molar-refractivity contribution in [1.82, 2.24) is 0 Å². The first kappa shape index (κ1) is 13.0. The van der Waals surface area contributed by atoms with Gasteiger partial charge in [0.05, 0.1) is 6.04 Å². The van der Waals surface area contributed by atoms with Crippen LogP contribution >= 0.6 is 11.8 Å². The Morgan fingerprint density at radius 1 is 1.31 bits per heavy atom. The maximum Gasteiger partial charge on any atom is 0.288 e. The van der Waals surface area contributed by atoms with Gasteiger partial charge in [-0.1, -0.05) is 30.5 Å². The first-order valence-corrected chi connectivity index (χ1v) is 5.81. The van der Waals surface area contributed by atoms with Gasteiger partial charge in [-0.3, -0.25) is 0 Å². The number of hydrogen-bond acceptors (Lipinski definition) is 2. The Kier molecular flexibility index (Phi) is 5.30. The Morgan fingerprint density at radius 2 is 1.94 bits per heavy atom. The van der Waals surface area contributed by atoms with Crippen LogP contribution in [0.3, 0.4) is 0 Å². The molecule has 0 aliphatic rings. The van der Waals surface area contributed by atoms with Gasteiger partial charge in [0.1, 0.15) is 0 Å². The molecule has 86 valence electrons. The highest BCUT2D eigenvalue weighted by atomic mass is 32.2. The summed E-state index contributed by atoms with van der Waals surface area (Å²) in [6.07, 6.45) is 0.798. The SMILES string of the molecule is CCC(N)C#Cc1ccc(SC(F)F)cc1. The van der Waals surface area contributed by atoms with E-state index in [4.69, 9.17) is 5.73 Å². The normalized spacial score (nSPS) is 12.1. The molecule has 1 nitrogen and oxygen atoms in total. The molecule has 0 aromatic heterocycles. The van der Waals surface area contributed by atoms with Crippen molar-refractivity contribution in [2.24, 2.45) is 5.73 Å². The summed E-state index contributed by atoms with van der Waals surface area (Å²) in [6, 6.07) is 6.59. The van der Waals surface area contributed by atoms with Crippen molar-refractivity contribution in [3.05, 3.63) is 29.8 Å². The molecular formula is C12H13F2NS. The van der Waals surface area contributed by atoms with Crippen LogP contribution in [0.25, 0.3) is 0 Å².